The standard InChI is InChI=1S/C15H17N3O/c1-11(2)13-7-3-4-8-14(13)18-15(19)17-12-6-5-9-16-10-12/h3-11H,1-2H3,(H2,17,18,19). The van der Waals surface area contributed by atoms with Crippen molar-refractivity contribution in [3.8, 4) is 0 Å². The zero-order valence-electron chi connectivity index (χ0n) is 11.1. The molecule has 0 atom stereocenters. The monoisotopic (exact) mass is 255 g/mol. The van der Waals surface area contributed by atoms with Crippen LogP contribution in [0.3, 0.4) is 0 Å². The molecule has 0 spiro atoms. The van der Waals surface area contributed by atoms with Crippen molar-refractivity contribution in [2.45, 2.75) is 19.8 Å². The Hall–Kier alpha value is -2.36. The van der Waals surface area contributed by atoms with E-state index in [1.807, 2.05) is 24.3 Å². The van der Waals surface area contributed by atoms with Crippen LogP contribution in [0.4, 0.5) is 16.2 Å². The topological polar surface area (TPSA) is 54.0 Å². The molecule has 0 fully saturated rings. The van der Waals surface area contributed by atoms with Crippen LogP contribution in [0.1, 0.15) is 25.3 Å². The molecular formula is C15H17N3O. The fourth-order valence-electron chi connectivity index (χ4n) is 1.84. The van der Waals surface area contributed by atoms with Gasteiger partial charge < -0.3 is 10.6 Å². The zero-order valence-corrected chi connectivity index (χ0v) is 11.1. The van der Waals surface area contributed by atoms with Gasteiger partial charge in [-0.3, -0.25) is 4.98 Å². The Bertz CT molecular complexity index is 552. The summed E-state index contributed by atoms with van der Waals surface area (Å²) in [5, 5.41) is 5.61. The molecule has 2 amide bonds. The number of aromatic nitrogens is 1. The number of nitrogens with zero attached hydrogens (tertiary/aromatic N) is 1. The number of hydrogen-bond donors (Lipinski definition) is 2. The van der Waals surface area contributed by atoms with Crippen LogP contribution in [0.15, 0.2) is 48.8 Å². The molecule has 19 heavy (non-hydrogen) atoms. The summed E-state index contributed by atoms with van der Waals surface area (Å²) in [5.41, 5.74) is 2.62. The number of rotatable bonds is 3. The zero-order chi connectivity index (χ0) is 13.7. The average molecular weight is 255 g/mol. The van der Waals surface area contributed by atoms with Crippen molar-refractivity contribution in [1.29, 1.82) is 0 Å². The van der Waals surface area contributed by atoms with Gasteiger partial charge in [-0.2, -0.15) is 0 Å². The number of para-hydroxylation sites is 1. The van der Waals surface area contributed by atoms with Crippen LogP contribution >= 0.6 is 0 Å². The number of urea groups is 1. The summed E-state index contributed by atoms with van der Waals surface area (Å²) in [4.78, 5) is 15.9. The summed E-state index contributed by atoms with van der Waals surface area (Å²) >= 11 is 0. The second-order valence-electron chi connectivity index (χ2n) is 4.56. The largest absolute Gasteiger partial charge is 0.323 e. The highest BCUT2D eigenvalue weighted by Gasteiger charge is 2.08. The Kier molecular flexibility index (Phi) is 4.13. The van der Waals surface area contributed by atoms with Crippen molar-refractivity contribution in [3.05, 3.63) is 54.4 Å². The fourth-order valence-corrected chi connectivity index (χ4v) is 1.84. The van der Waals surface area contributed by atoms with Crippen LogP contribution in [-0.2, 0) is 0 Å². The number of benzene rings is 1. The number of pyridine rings is 1. The predicted octanol–water partition coefficient (Wildman–Crippen LogP) is 3.85. The second kappa shape index (κ2) is 6.00. The van der Waals surface area contributed by atoms with Crippen LogP contribution in [-0.4, -0.2) is 11.0 Å². The number of carbonyl (C=O) groups excluding carboxylic acids is 1. The molecule has 4 nitrogen and oxygen atoms in total. The molecule has 2 rings (SSSR count). The normalized spacial score (nSPS) is 10.3. The smallest absolute Gasteiger partial charge is 0.307 e. The third-order valence-electron chi connectivity index (χ3n) is 2.75. The van der Waals surface area contributed by atoms with Crippen molar-refractivity contribution in [2.75, 3.05) is 10.6 Å². The van der Waals surface area contributed by atoms with Gasteiger partial charge in [0.2, 0.25) is 0 Å². The van der Waals surface area contributed by atoms with Crippen LogP contribution in [0.5, 0.6) is 0 Å². The first-order chi connectivity index (χ1) is 9.16. The first-order valence-corrected chi connectivity index (χ1v) is 6.24. The minimum Gasteiger partial charge on any atom is -0.307 e. The molecule has 1 aromatic heterocycles. The van der Waals surface area contributed by atoms with E-state index < -0.39 is 0 Å². The summed E-state index contributed by atoms with van der Waals surface area (Å²) in [6.45, 7) is 4.19. The van der Waals surface area contributed by atoms with E-state index in [2.05, 4.69) is 29.5 Å². The van der Waals surface area contributed by atoms with E-state index in [0.29, 0.717) is 11.6 Å². The summed E-state index contributed by atoms with van der Waals surface area (Å²) < 4.78 is 0. The van der Waals surface area contributed by atoms with E-state index in [4.69, 9.17) is 0 Å². The number of nitrogens with one attached hydrogen (secondary N) is 2. The van der Waals surface area contributed by atoms with Gasteiger partial charge in [0, 0.05) is 11.9 Å². The molecule has 0 aliphatic heterocycles. The summed E-state index contributed by atoms with van der Waals surface area (Å²) in [5.74, 6) is 0.356. The molecule has 0 aliphatic carbocycles. The highest BCUT2D eigenvalue weighted by molar-refractivity contribution is 6.00. The van der Waals surface area contributed by atoms with E-state index in [1.165, 1.54) is 0 Å². The van der Waals surface area contributed by atoms with E-state index in [1.54, 1.807) is 24.5 Å². The summed E-state index contributed by atoms with van der Waals surface area (Å²) in [6, 6.07) is 11.1. The third-order valence-corrected chi connectivity index (χ3v) is 2.75. The van der Waals surface area contributed by atoms with Crippen molar-refractivity contribution < 1.29 is 4.79 Å². The molecule has 0 bridgehead atoms. The van der Waals surface area contributed by atoms with Gasteiger partial charge >= 0.3 is 6.03 Å². The van der Waals surface area contributed by atoms with Gasteiger partial charge in [0.05, 0.1) is 11.9 Å². The Morgan fingerprint density at radius 3 is 2.58 bits per heavy atom. The lowest BCUT2D eigenvalue weighted by atomic mass is 10.0. The molecule has 1 aromatic carbocycles. The summed E-state index contributed by atoms with van der Waals surface area (Å²) in [7, 11) is 0. The Morgan fingerprint density at radius 2 is 1.89 bits per heavy atom. The maximum absolute atomic E-state index is 11.9. The molecule has 0 saturated heterocycles. The predicted molar refractivity (Wildman–Crippen MR) is 77.4 cm³/mol. The highest BCUT2D eigenvalue weighted by Crippen LogP contribution is 2.23. The third kappa shape index (κ3) is 3.55. The number of carbonyl (C=O) groups is 1. The Labute approximate surface area is 112 Å². The van der Waals surface area contributed by atoms with Crippen molar-refractivity contribution in [3.63, 3.8) is 0 Å². The molecular weight excluding hydrogens is 238 g/mol. The first kappa shape index (κ1) is 13.1. The van der Waals surface area contributed by atoms with Gasteiger partial charge in [-0.25, -0.2) is 4.79 Å². The van der Waals surface area contributed by atoms with Gasteiger partial charge in [-0.1, -0.05) is 32.0 Å². The molecule has 4 heteroatoms. The van der Waals surface area contributed by atoms with Gasteiger partial charge in [-0.05, 0) is 29.7 Å². The highest BCUT2D eigenvalue weighted by atomic mass is 16.2. The maximum Gasteiger partial charge on any atom is 0.323 e. The van der Waals surface area contributed by atoms with Crippen LogP contribution in [0.2, 0.25) is 0 Å². The lowest BCUT2D eigenvalue weighted by Crippen LogP contribution is -2.20. The Morgan fingerprint density at radius 1 is 1.11 bits per heavy atom. The van der Waals surface area contributed by atoms with Gasteiger partial charge in [0.1, 0.15) is 0 Å². The Balaban J connectivity index is 2.07. The number of anilines is 2. The molecule has 0 saturated carbocycles. The van der Waals surface area contributed by atoms with Crippen molar-refractivity contribution >= 4 is 17.4 Å². The molecule has 0 radical (unpaired) electrons. The summed E-state index contributed by atoms with van der Waals surface area (Å²) in [6.07, 6.45) is 3.27. The van der Waals surface area contributed by atoms with Crippen LogP contribution in [0.25, 0.3) is 0 Å². The lowest BCUT2D eigenvalue weighted by Gasteiger charge is -2.14. The van der Waals surface area contributed by atoms with Gasteiger partial charge in [0.25, 0.3) is 0 Å². The van der Waals surface area contributed by atoms with Crippen molar-refractivity contribution in [1.82, 2.24) is 4.98 Å². The molecule has 2 aromatic rings. The minimum absolute atomic E-state index is 0.263. The van der Waals surface area contributed by atoms with Gasteiger partial charge in [0.15, 0.2) is 0 Å². The number of amides is 2. The molecule has 98 valence electrons. The molecule has 1 heterocycles. The van der Waals surface area contributed by atoms with Crippen molar-refractivity contribution in [2.24, 2.45) is 0 Å². The lowest BCUT2D eigenvalue weighted by molar-refractivity contribution is 0.262. The van der Waals surface area contributed by atoms with Gasteiger partial charge in [-0.15, -0.1) is 0 Å². The fraction of sp³-hybridized carbons (Fsp3) is 0.200. The minimum atomic E-state index is -0.263. The SMILES string of the molecule is CC(C)c1ccccc1NC(=O)Nc1cccnc1. The number of hydrogen-bond acceptors (Lipinski definition) is 2. The average Bonchev–Trinajstić information content (AvgIpc) is 2.40. The van der Waals surface area contributed by atoms with E-state index in [-0.39, 0.29) is 6.03 Å². The van der Waals surface area contributed by atoms with E-state index in [9.17, 15) is 4.79 Å². The van der Waals surface area contributed by atoms with E-state index >= 15 is 0 Å². The molecule has 0 unspecified atom stereocenters. The van der Waals surface area contributed by atoms with E-state index in [0.717, 1.165) is 11.3 Å². The van der Waals surface area contributed by atoms with Crippen LogP contribution in [0, 0.1) is 0 Å². The maximum atomic E-state index is 11.9. The quantitative estimate of drug-likeness (QED) is 0.875. The van der Waals surface area contributed by atoms with Crippen LogP contribution < -0.4 is 10.6 Å². The molecule has 0 aliphatic rings. The molecule has 2 N–H and O–H groups in total. The second-order valence-corrected chi connectivity index (χ2v) is 4.56. The first-order valence-electron chi connectivity index (χ1n) is 6.24.